The summed E-state index contributed by atoms with van der Waals surface area (Å²) in [5.41, 5.74) is 1.18. The van der Waals surface area contributed by atoms with E-state index in [9.17, 15) is 9.59 Å². The highest BCUT2D eigenvalue weighted by Gasteiger charge is 2.30. The second-order valence-corrected chi connectivity index (χ2v) is 9.92. The zero-order valence-electron chi connectivity index (χ0n) is 19.6. The molecule has 3 aromatic heterocycles. The first-order valence-electron chi connectivity index (χ1n) is 11.4. The second kappa shape index (κ2) is 8.84. The predicted octanol–water partition coefficient (Wildman–Crippen LogP) is 4.44. The van der Waals surface area contributed by atoms with Gasteiger partial charge in [-0.2, -0.15) is 10.1 Å². The molecule has 10 nitrogen and oxygen atoms in total. The van der Waals surface area contributed by atoms with E-state index in [0.29, 0.717) is 53.9 Å². The Labute approximate surface area is 206 Å². The zero-order valence-corrected chi connectivity index (χ0v) is 20.4. The van der Waals surface area contributed by atoms with E-state index in [1.165, 1.54) is 6.07 Å². The SMILES string of the molecule is CC(C)(C)OC(=O)N1CCC(n2c(=O)ccn3ncc(-c4noc(-c5ccc(Cl)cc5)n4)c23)CC1. The Morgan fingerprint density at radius 3 is 2.54 bits per heavy atom. The highest BCUT2D eigenvalue weighted by atomic mass is 35.5. The topological polar surface area (TPSA) is 108 Å². The quantitative estimate of drug-likeness (QED) is 0.412. The first kappa shape index (κ1) is 23.1. The molecule has 0 bridgehead atoms. The summed E-state index contributed by atoms with van der Waals surface area (Å²) in [7, 11) is 0. The van der Waals surface area contributed by atoms with E-state index < -0.39 is 5.60 Å². The fourth-order valence-corrected chi connectivity index (χ4v) is 4.34. The first-order valence-corrected chi connectivity index (χ1v) is 11.7. The fourth-order valence-electron chi connectivity index (χ4n) is 4.21. The highest BCUT2D eigenvalue weighted by molar-refractivity contribution is 6.30. The molecule has 1 fully saturated rings. The first-order chi connectivity index (χ1) is 16.7. The zero-order chi connectivity index (χ0) is 24.7. The monoisotopic (exact) mass is 496 g/mol. The minimum Gasteiger partial charge on any atom is -0.444 e. The summed E-state index contributed by atoms with van der Waals surface area (Å²) in [6.45, 7) is 6.50. The largest absolute Gasteiger partial charge is 0.444 e. The summed E-state index contributed by atoms with van der Waals surface area (Å²) in [5, 5.41) is 9.15. The van der Waals surface area contributed by atoms with Crippen LogP contribution in [0.3, 0.4) is 0 Å². The van der Waals surface area contributed by atoms with Gasteiger partial charge in [0, 0.05) is 42.0 Å². The van der Waals surface area contributed by atoms with Crippen LogP contribution in [-0.2, 0) is 4.74 Å². The Balaban J connectivity index is 1.45. The molecule has 1 aromatic carbocycles. The van der Waals surface area contributed by atoms with E-state index >= 15 is 0 Å². The van der Waals surface area contributed by atoms with Crippen molar-refractivity contribution < 1.29 is 14.1 Å². The molecule has 0 saturated carbocycles. The lowest BCUT2D eigenvalue weighted by molar-refractivity contribution is 0.0188. The number of benzene rings is 1. The molecule has 5 rings (SSSR count). The Morgan fingerprint density at radius 1 is 1.14 bits per heavy atom. The molecule has 0 unspecified atom stereocenters. The maximum atomic E-state index is 13.0. The van der Waals surface area contributed by atoms with Crippen molar-refractivity contribution in [3.8, 4) is 22.8 Å². The van der Waals surface area contributed by atoms with Crippen molar-refractivity contribution in [2.75, 3.05) is 13.1 Å². The van der Waals surface area contributed by atoms with Gasteiger partial charge in [-0.1, -0.05) is 16.8 Å². The van der Waals surface area contributed by atoms with Crippen molar-refractivity contribution in [3.63, 3.8) is 0 Å². The molecule has 0 radical (unpaired) electrons. The molecule has 1 saturated heterocycles. The summed E-state index contributed by atoms with van der Waals surface area (Å²) >= 11 is 5.97. The number of piperidine rings is 1. The number of likely N-dealkylation sites (tertiary alicyclic amines) is 1. The van der Waals surface area contributed by atoms with Crippen LogP contribution in [0.4, 0.5) is 4.79 Å². The van der Waals surface area contributed by atoms with Crippen LogP contribution in [0.1, 0.15) is 39.7 Å². The molecule has 1 aliphatic heterocycles. The predicted molar refractivity (Wildman–Crippen MR) is 129 cm³/mol. The minimum absolute atomic E-state index is 0.122. The van der Waals surface area contributed by atoms with Gasteiger partial charge in [0.2, 0.25) is 5.82 Å². The van der Waals surface area contributed by atoms with E-state index in [1.54, 1.807) is 50.6 Å². The molecule has 4 heterocycles. The molecule has 182 valence electrons. The van der Waals surface area contributed by atoms with Crippen LogP contribution in [0.15, 0.2) is 52.0 Å². The maximum absolute atomic E-state index is 13.0. The van der Waals surface area contributed by atoms with Crippen LogP contribution in [0.2, 0.25) is 5.02 Å². The molecule has 1 amide bonds. The lowest BCUT2D eigenvalue weighted by Crippen LogP contribution is -2.43. The summed E-state index contributed by atoms with van der Waals surface area (Å²) in [5.74, 6) is 0.669. The van der Waals surface area contributed by atoms with Crippen LogP contribution >= 0.6 is 11.6 Å². The number of amides is 1. The van der Waals surface area contributed by atoms with Crippen LogP contribution in [0.5, 0.6) is 0 Å². The average molecular weight is 497 g/mol. The number of hydrogen-bond donors (Lipinski definition) is 0. The van der Waals surface area contributed by atoms with Gasteiger partial charge in [0.05, 0.1) is 11.8 Å². The summed E-state index contributed by atoms with van der Waals surface area (Å²) < 4.78 is 14.3. The smallest absolute Gasteiger partial charge is 0.410 e. The number of fused-ring (bicyclic) bond motifs is 1. The summed E-state index contributed by atoms with van der Waals surface area (Å²) in [6.07, 6.45) is 4.11. The molecular formula is C24H25ClN6O4. The van der Waals surface area contributed by atoms with Crippen LogP contribution in [0, 0.1) is 0 Å². The molecule has 11 heteroatoms. The second-order valence-electron chi connectivity index (χ2n) is 9.48. The molecule has 35 heavy (non-hydrogen) atoms. The lowest BCUT2D eigenvalue weighted by atomic mass is 10.0. The van der Waals surface area contributed by atoms with Gasteiger partial charge in [0.15, 0.2) is 0 Å². The third kappa shape index (κ3) is 4.66. The average Bonchev–Trinajstić information content (AvgIpc) is 3.46. The van der Waals surface area contributed by atoms with Gasteiger partial charge >= 0.3 is 6.09 Å². The third-order valence-electron chi connectivity index (χ3n) is 5.83. The van der Waals surface area contributed by atoms with Crippen molar-refractivity contribution in [1.82, 2.24) is 29.2 Å². The van der Waals surface area contributed by atoms with Crippen molar-refractivity contribution in [3.05, 3.63) is 58.1 Å². The Kier molecular flexibility index (Phi) is 5.84. The number of carbonyl (C=O) groups is 1. The van der Waals surface area contributed by atoms with Gasteiger partial charge in [0.1, 0.15) is 11.2 Å². The van der Waals surface area contributed by atoms with Crippen molar-refractivity contribution in [1.29, 1.82) is 0 Å². The van der Waals surface area contributed by atoms with Gasteiger partial charge in [-0.25, -0.2) is 9.31 Å². The lowest BCUT2D eigenvalue weighted by Gasteiger charge is -2.34. The highest BCUT2D eigenvalue weighted by Crippen LogP contribution is 2.30. The van der Waals surface area contributed by atoms with Crippen LogP contribution in [-0.4, -0.2) is 54.0 Å². The van der Waals surface area contributed by atoms with Gasteiger partial charge in [-0.05, 0) is 57.9 Å². The Morgan fingerprint density at radius 2 is 1.86 bits per heavy atom. The van der Waals surface area contributed by atoms with E-state index in [1.807, 2.05) is 20.8 Å². The normalized spacial score (nSPS) is 15.0. The summed E-state index contributed by atoms with van der Waals surface area (Å²) in [6, 6.07) is 8.45. The van der Waals surface area contributed by atoms with E-state index in [0.717, 1.165) is 5.56 Å². The minimum atomic E-state index is -0.557. The van der Waals surface area contributed by atoms with Gasteiger partial charge in [-0.3, -0.25) is 9.36 Å². The number of rotatable bonds is 3. The molecule has 0 atom stereocenters. The van der Waals surface area contributed by atoms with Gasteiger partial charge in [0.25, 0.3) is 11.4 Å². The van der Waals surface area contributed by atoms with Gasteiger partial charge in [-0.15, -0.1) is 0 Å². The Bertz CT molecular complexity index is 1420. The third-order valence-corrected chi connectivity index (χ3v) is 6.08. The molecule has 4 aromatic rings. The molecule has 0 spiro atoms. The van der Waals surface area contributed by atoms with Crippen molar-refractivity contribution >= 4 is 23.3 Å². The number of halogens is 1. The summed E-state index contributed by atoms with van der Waals surface area (Å²) in [4.78, 5) is 31.7. The van der Waals surface area contributed by atoms with Gasteiger partial charge < -0.3 is 14.2 Å². The van der Waals surface area contributed by atoms with Crippen LogP contribution in [0.25, 0.3) is 28.5 Å². The Hall–Kier alpha value is -3.66. The standard InChI is InChI=1S/C24H25ClN6O4/c1-24(2,3)34-23(33)29-11-8-17(9-12-29)31-19(32)10-13-30-22(31)18(14-26-30)20-27-21(35-28-20)15-4-6-16(25)7-5-15/h4-7,10,13-14,17H,8-9,11-12H2,1-3H3. The number of carbonyl (C=O) groups excluding carboxylic acids is 1. The molecule has 1 aliphatic rings. The van der Waals surface area contributed by atoms with Crippen molar-refractivity contribution in [2.45, 2.75) is 45.3 Å². The maximum Gasteiger partial charge on any atom is 0.410 e. The number of nitrogens with zero attached hydrogens (tertiary/aromatic N) is 6. The number of hydrogen-bond acceptors (Lipinski definition) is 7. The number of aromatic nitrogens is 5. The molecule has 0 aliphatic carbocycles. The van der Waals surface area contributed by atoms with Crippen molar-refractivity contribution in [2.24, 2.45) is 0 Å². The van der Waals surface area contributed by atoms with Crippen LogP contribution < -0.4 is 5.56 Å². The fraction of sp³-hybridized carbons (Fsp3) is 0.375. The molecule has 0 N–H and O–H groups in total. The number of ether oxygens (including phenoxy) is 1. The molecular weight excluding hydrogens is 472 g/mol. The van der Waals surface area contributed by atoms with E-state index in [-0.39, 0.29) is 17.7 Å². The van der Waals surface area contributed by atoms with E-state index in [2.05, 4.69) is 15.2 Å². The van der Waals surface area contributed by atoms with E-state index in [4.69, 9.17) is 20.9 Å².